The molecule has 0 aliphatic carbocycles. The van der Waals surface area contributed by atoms with E-state index in [2.05, 4.69) is 21.2 Å². The van der Waals surface area contributed by atoms with Crippen molar-refractivity contribution in [3.63, 3.8) is 0 Å². The minimum atomic E-state index is -0.509. The molecule has 0 atom stereocenters. The number of nitriles is 1. The maximum Gasteiger partial charge on any atom is 0.266 e. The van der Waals surface area contributed by atoms with Gasteiger partial charge in [-0.1, -0.05) is 35.0 Å². The quantitative estimate of drug-likeness (QED) is 0.579. The average Bonchev–Trinajstić information content (AvgIpc) is 2.61. The van der Waals surface area contributed by atoms with E-state index in [1.54, 1.807) is 18.2 Å². The van der Waals surface area contributed by atoms with Gasteiger partial charge in [-0.25, -0.2) is 0 Å². The summed E-state index contributed by atoms with van der Waals surface area (Å²) in [5.74, 6) is -0.293. The maximum absolute atomic E-state index is 12.3. The summed E-state index contributed by atoms with van der Waals surface area (Å²) >= 11 is 3.30. The summed E-state index contributed by atoms with van der Waals surface area (Å²) in [6.45, 7) is 2.05. The van der Waals surface area contributed by atoms with E-state index in [9.17, 15) is 15.2 Å². The van der Waals surface area contributed by atoms with Crippen molar-refractivity contribution in [3.8, 4) is 17.6 Å². The molecular formula is C19H17BrN2O3. The maximum atomic E-state index is 12.3. The molecule has 0 saturated carbocycles. The Morgan fingerprint density at radius 2 is 2.04 bits per heavy atom. The highest BCUT2D eigenvalue weighted by Gasteiger charge is 2.12. The van der Waals surface area contributed by atoms with E-state index in [-0.39, 0.29) is 17.1 Å². The Bertz CT molecular complexity index is 852. The van der Waals surface area contributed by atoms with Gasteiger partial charge < -0.3 is 15.2 Å². The zero-order valence-electron chi connectivity index (χ0n) is 13.8. The summed E-state index contributed by atoms with van der Waals surface area (Å²) in [6.07, 6.45) is 2.34. The molecule has 2 rings (SSSR count). The lowest BCUT2D eigenvalue weighted by Gasteiger charge is -2.08. The first kappa shape index (κ1) is 18.6. The molecule has 128 valence electrons. The Balaban J connectivity index is 2.27. The van der Waals surface area contributed by atoms with E-state index in [0.717, 1.165) is 12.0 Å². The second-order valence-electron chi connectivity index (χ2n) is 5.22. The molecule has 0 unspecified atom stereocenters. The number of benzene rings is 2. The first-order valence-corrected chi connectivity index (χ1v) is 8.36. The average molecular weight is 401 g/mol. The molecular weight excluding hydrogens is 384 g/mol. The van der Waals surface area contributed by atoms with Gasteiger partial charge in [-0.05, 0) is 47.9 Å². The Hall–Kier alpha value is -2.78. The number of amides is 1. The summed E-state index contributed by atoms with van der Waals surface area (Å²) in [6, 6.07) is 12.3. The van der Waals surface area contributed by atoms with Gasteiger partial charge in [-0.15, -0.1) is 0 Å². The molecule has 2 aromatic carbocycles. The van der Waals surface area contributed by atoms with Crippen LogP contribution in [0.3, 0.4) is 0 Å². The molecule has 5 nitrogen and oxygen atoms in total. The van der Waals surface area contributed by atoms with Crippen molar-refractivity contribution in [2.45, 2.75) is 13.3 Å². The third kappa shape index (κ3) is 4.61. The number of aromatic hydroxyl groups is 1. The molecule has 1 amide bonds. The summed E-state index contributed by atoms with van der Waals surface area (Å²) in [5.41, 5.74) is 2.26. The van der Waals surface area contributed by atoms with Crippen LogP contribution in [0.4, 0.5) is 5.69 Å². The Kier molecular flexibility index (Phi) is 6.20. The number of hydrogen-bond donors (Lipinski definition) is 2. The number of methoxy groups -OCH3 is 1. The van der Waals surface area contributed by atoms with Gasteiger partial charge in [0.2, 0.25) is 0 Å². The molecule has 0 fully saturated rings. The van der Waals surface area contributed by atoms with Crippen molar-refractivity contribution >= 4 is 33.6 Å². The van der Waals surface area contributed by atoms with Crippen LogP contribution in [0, 0.1) is 11.3 Å². The lowest BCUT2D eigenvalue weighted by Crippen LogP contribution is -2.13. The van der Waals surface area contributed by atoms with Crippen LogP contribution >= 0.6 is 15.9 Å². The Labute approximate surface area is 154 Å². The molecule has 0 radical (unpaired) electrons. The highest BCUT2D eigenvalue weighted by atomic mass is 79.9. The van der Waals surface area contributed by atoms with Gasteiger partial charge in [0.05, 0.1) is 7.11 Å². The molecule has 0 spiro atoms. The normalized spacial score (nSPS) is 10.9. The largest absolute Gasteiger partial charge is 0.504 e. The standard InChI is InChI=1S/C19H17BrN2O3/c1-3-12-4-6-15(7-5-12)22-19(24)14(11-21)8-13-9-18(25-2)17(23)10-16(13)20/h4-10,23H,3H2,1-2H3,(H,22,24). The topological polar surface area (TPSA) is 82.4 Å². The first-order valence-electron chi connectivity index (χ1n) is 7.57. The predicted octanol–water partition coefficient (Wildman–Crippen LogP) is 4.27. The smallest absolute Gasteiger partial charge is 0.266 e. The van der Waals surface area contributed by atoms with Gasteiger partial charge in [0.15, 0.2) is 11.5 Å². The van der Waals surface area contributed by atoms with Gasteiger partial charge in [-0.3, -0.25) is 4.79 Å². The fourth-order valence-corrected chi connectivity index (χ4v) is 2.60. The lowest BCUT2D eigenvalue weighted by molar-refractivity contribution is -0.112. The van der Waals surface area contributed by atoms with Crippen LogP contribution in [0.15, 0.2) is 46.4 Å². The Morgan fingerprint density at radius 3 is 2.60 bits per heavy atom. The fraction of sp³-hybridized carbons (Fsp3) is 0.158. The van der Waals surface area contributed by atoms with E-state index < -0.39 is 5.91 Å². The molecule has 0 aliphatic rings. The van der Waals surface area contributed by atoms with E-state index in [4.69, 9.17) is 4.74 Å². The molecule has 0 aromatic heterocycles. The molecule has 0 saturated heterocycles. The monoisotopic (exact) mass is 400 g/mol. The van der Waals surface area contributed by atoms with Gasteiger partial charge in [-0.2, -0.15) is 5.26 Å². The van der Waals surface area contributed by atoms with Crippen molar-refractivity contribution in [2.75, 3.05) is 12.4 Å². The zero-order valence-corrected chi connectivity index (χ0v) is 15.4. The molecule has 25 heavy (non-hydrogen) atoms. The Morgan fingerprint density at radius 1 is 1.36 bits per heavy atom. The van der Waals surface area contributed by atoms with Crippen LogP contribution in [-0.4, -0.2) is 18.1 Å². The molecule has 0 aliphatic heterocycles. The van der Waals surface area contributed by atoms with Crippen LogP contribution in [0.5, 0.6) is 11.5 Å². The number of nitrogens with one attached hydrogen (secondary N) is 1. The van der Waals surface area contributed by atoms with Crippen molar-refractivity contribution in [2.24, 2.45) is 0 Å². The third-order valence-electron chi connectivity index (χ3n) is 3.58. The van der Waals surface area contributed by atoms with Crippen LogP contribution in [0.2, 0.25) is 0 Å². The van der Waals surface area contributed by atoms with Gasteiger partial charge in [0.1, 0.15) is 11.6 Å². The number of halogens is 1. The minimum absolute atomic E-state index is 0.0366. The predicted molar refractivity (Wildman–Crippen MR) is 100 cm³/mol. The third-order valence-corrected chi connectivity index (χ3v) is 4.27. The van der Waals surface area contributed by atoms with Gasteiger partial charge in [0.25, 0.3) is 5.91 Å². The second-order valence-corrected chi connectivity index (χ2v) is 6.07. The fourth-order valence-electron chi connectivity index (χ4n) is 2.16. The molecule has 0 bridgehead atoms. The van der Waals surface area contributed by atoms with E-state index in [1.165, 1.54) is 19.3 Å². The number of anilines is 1. The highest BCUT2D eigenvalue weighted by molar-refractivity contribution is 9.10. The van der Waals surface area contributed by atoms with E-state index in [0.29, 0.717) is 15.7 Å². The summed E-state index contributed by atoms with van der Waals surface area (Å²) in [7, 11) is 1.42. The number of nitrogens with zero attached hydrogens (tertiary/aromatic N) is 1. The first-order chi connectivity index (χ1) is 12.0. The number of phenols is 1. The van der Waals surface area contributed by atoms with Crippen molar-refractivity contribution < 1.29 is 14.6 Å². The van der Waals surface area contributed by atoms with Crippen molar-refractivity contribution in [3.05, 3.63) is 57.6 Å². The van der Waals surface area contributed by atoms with Crippen LogP contribution < -0.4 is 10.1 Å². The highest BCUT2D eigenvalue weighted by Crippen LogP contribution is 2.33. The zero-order chi connectivity index (χ0) is 18.4. The number of phenolic OH excluding ortho intramolecular Hbond substituents is 1. The number of hydrogen-bond acceptors (Lipinski definition) is 4. The van der Waals surface area contributed by atoms with Crippen molar-refractivity contribution in [1.82, 2.24) is 0 Å². The van der Waals surface area contributed by atoms with Gasteiger partial charge in [0, 0.05) is 10.2 Å². The number of aryl methyl sites for hydroxylation is 1. The number of rotatable bonds is 5. The second kappa shape index (κ2) is 8.36. The van der Waals surface area contributed by atoms with Crippen molar-refractivity contribution in [1.29, 1.82) is 5.26 Å². The lowest BCUT2D eigenvalue weighted by atomic mass is 10.1. The van der Waals surface area contributed by atoms with E-state index in [1.807, 2.05) is 25.1 Å². The summed E-state index contributed by atoms with van der Waals surface area (Å²) < 4.78 is 5.59. The van der Waals surface area contributed by atoms with E-state index >= 15 is 0 Å². The molecule has 2 N–H and O–H groups in total. The number of carbonyl (C=O) groups is 1. The summed E-state index contributed by atoms with van der Waals surface area (Å²) in [5, 5.41) is 21.7. The molecule has 0 heterocycles. The SMILES string of the molecule is CCc1ccc(NC(=O)C(C#N)=Cc2cc(OC)c(O)cc2Br)cc1. The van der Waals surface area contributed by atoms with Gasteiger partial charge >= 0.3 is 0 Å². The van der Waals surface area contributed by atoms with Crippen LogP contribution in [0.1, 0.15) is 18.1 Å². The number of carbonyl (C=O) groups excluding carboxylic acids is 1. The van der Waals surface area contributed by atoms with Crippen LogP contribution in [0.25, 0.3) is 6.08 Å². The molecule has 2 aromatic rings. The van der Waals surface area contributed by atoms with Crippen LogP contribution in [-0.2, 0) is 11.2 Å². The number of ether oxygens (including phenoxy) is 1. The minimum Gasteiger partial charge on any atom is -0.504 e. The molecule has 6 heteroatoms. The summed E-state index contributed by atoms with van der Waals surface area (Å²) in [4.78, 5) is 12.3.